The van der Waals surface area contributed by atoms with E-state index >= 15 is 0 Å². The minimum Gasteiger partial charge on any atom is -0.495 e. The van der Waals surface area contributed by atoms with Crippen LogP contribution in [0.15, 0.2) is 45.9 Å². The van der Waals surface area contributed by atoms with Gasteiger partial charge in [-0.25, -0.2) is 13.1 Å². The maximum Gasteiger partial charge on any atom is 0.244 e. The van der Waals surface area contributed by atoms with E-state index in [1.807, 2.05) is 26.8 Å². The Bertz CT molecular complexity index is 728. The third kappa shape index (κ3) is 3.69. The van der Waals surface area contributed by atoms with Gasteiger partial charge in [-0.05, 0) is 35.2 Å². The van der Waals surface area contributed by atoms with E-state index in [-0.39, 0.29) is 16.9 Å². The molecule has 0 unspecified atom stereocenters. The molecule has 120 valence electrons. The first-order chi connectivity index (χ1) is 10.2. The zero-order chi connectivity index (χ0) is 16.4. The summed E-state index contributed by atoms with van der Waals surface area (Å²) in [5, 5.41) is 0. The van der Waals surface area contributed by atoms with Crippen LogP contribution in [0.1, 0.15) is 32.1 Å². The molecule has 5 nitrogen and oxygen atoms in total. The predicted molar refractivity (Wildman–Crippen MR) is 84.4 cm³/mol. The van der Waals surface area contributed by atoms with Crippen molar-refractivity contribution in [2.45, 2.75) is 37.6 Å². The first-order valence-corrected chi connectivity index (χ1v) is 8.43. The number of rotatable bonds is 5. The highest BCUT2D eigenvalue weighted by atomic mass is 32.2. The third-order valence-electron chi connectivity index (χ3n) is 3.34. The molecule has 0 saturated carbocycles. The van der Waals surface area contributed by atoms with Crippen molar-refractivity contribution in [2.75, 3.05) is 7.11 Å². The van der Waals surface area contributed by atoms with Gasteiger partial charge in [0.2, 0.25) is 10.0 Å². The normalized spacial score (nSPS) is 12.4. The Morgan fingerprint density at radius 3 is 2.50 bits per heavy atom. The lowest BCUT2D eigenvalue weighted by molar-refractivity contribution is 0.401. The molecule has 0 fully saturated rings. The lowest BCUT2D eigenvalue weighted by atomic mass is 9.87. The molecule has 0 amide bonds. The fraction of sp³-hybridized carbons (Fsp3) is 0.375. The molecule has 1 N–H and O–H groups in total. The lowest BCUT2D eigenvalue weighted by Gasteiger charge is -2.21. The van der Waals surface area contributed by atoms with Gasteiger partial charge in [0.25, 0.3) is 0 Å². The second-order valence-electron chi connectivity index (χ2n) is 6.02. The van der Waals surface area contributed by atoms with Crippen molar-refractivity contribution in [3.05, 3.63) is 47.9 Å². The zero-order valence-electron chi connectivity index (χ0n) is 13.2. The molecule has 2 aromatic rings. The summed E-state index contributed by atoms with van der Waals surface area (Å²) in [6, 6.07) is 8.64. The van der Waals surface area contributed by atoms with E-state index in [4.69, 9.17) is 9.15 Å². The van der Waals surface area contributed by atoms with Gasteiger partial charge >= 0.3 is 0 Å². The third-order valence-corrected chi connectivity index (χ3v) is 4.76. The molecule has 0 aliphatic rings. The van der Waals surface area contributed by atoms with Crippen molar-refractivity contribution < 1.29 is 17.6 Å². The summed E-state index contributed by atoms with van der Waals surface area (Å²) >= 11 is 0. The number of methoxy groups -OCH3 is 1. The van der Waals surface area contributed by atoms with Crippen LogP contribution in [0.3, 0.4) is 0 Å². The highest BCUT2D eigenvalue weighted by Gasteiger charge is 2.23. The molecule has 0 atom stereocenters. The van der Waals surface area contributed by atoms with E-state index in [0.29, 0.717) is 11.5 Å². The first kappa shape index (κ1) is 16.6. The second kappa shape index (κ2) is 6.14. The number of sulfonamides is 1. The van der Waals surface area contributed by atoms with Crippen LogP contribution in [-0.4, -0.2) is 15.5 Å². The average Bonchev–Trinajstić information content (AvgIpc) is 2.97. The number of nitrogens with one attached hydrogen (secondary N) is 1. The van der Waals surface area contributed by atoms with Crippen LogP contribution in [0.5, 0.6) is 5.75 Å². The summed E-state index contributed by atoms with van der Waals surface area (Å²) in [7, 11) is -2.24. The van der Waals surface area contributed by atoms with Gasteiger partial charge in [0.1, 0.15) is 16.4 Å². The van der Waals surface area contributed by atoms with Crippen LogP contribution in [0.4, 0.5) is 0 Å². The Balaban J connectivity index is 2.35. The number of hydrogen-bond donors (Lipinski definition) is 1. The summed E-state index contributed by atoms with van der Waals surface area (Å²) in [6.45, 7) is 6.18. The maximum atomic E-state index is 12.6. The quantitative estimate of drug-likeness (QED) is 0.918. The van der Waals surface area contributed by atoms with Crippen LogP contribution >= 0.6 is 0 Å². The summed E-state index contributed by atoms with van der Waals surface area (Å²) in [5.74, 6) is 0.870. The molecule has 1 aromatic carbocycles. The van der Waals surface area contributed by atoms with Crippen molar-refractivity contribution in [1.82, 2.24) is 4.72 Å². The van der Waals surface area contributed by atoms with Gasteiger partial charge in [-0.15, -0.1) is 0 Å². The molecule has 0 aliphatic carbocycles. The Hall–Kier alpha value is -1.79. The monoisotopic (exact) mass is 323 g/mol. The van der Waals surface area contributed by atoms with E-state index in [1.54, 1.807) is 24.3 Å². The van der Waals surface area contributed by atoms with E-state index in [2.05, 4.69) is 4.72 Å². The molecule has 1 heterocycles. The lowest BCUT2D eigenvalue weighted by Crippen LogP contribution is -2.24. The molecular weight excluding hydrogens is 302 g/mol. The van der Waals surface area contributed by atoms with Gasteiger partial charge in [0.05, 0.1) is 19.9 Å². The molecule has 1 aromatic heterocycles. The standard InChI is InChI=1S/C16H21NO4S/c1-16(2,3)12-7-8-14(20-4)15(10-12)22(18,19)17-11-13-6-5-9-21-13/h5-10,17H,11H2,1-4H3. The molecule has 0 bridgehead atoms. The Kier molecular flexibility index (Phi) is 4.63. The van der Waals surface area contributed by atoms with Crippen molar-refractivity contribution in [3.8, 4) is 5.75 Å². The van der Waals surface area contributed by atoms with Crippen LogP contribution in [0, 0.1) is 0 Å². The summed E-state index contributed by atoms with van der Waals surface area (Å²) in [4.78, 5) is 0.133. The fourth-order valence-electron chi connectivity index (χ4n) is 2.01. The van der Waals surface area contributed by atoms with Crippen LogP contribution < -0.4 is 9.46 Å². The van der Waals surface area contributed by atoms with Gasteiger partial charge in [-0.2, -0.15) is 0 Å². The van der Waals surface area contributed by atoms with Crippen molar-refractivity contribution >= 4 is 10.0 Å². The molecular formula is C16H21NO4S. The van der Waals surface area contributed by atoms with E-state index in [1.165, 1.54) is 13.4 Å². The first-order valence-electron chi connectivity index (χ1n) is 6.94. The molecule has 0 aliphatic heterocycles. The second-order valence-corrected chi connectivity index (χ2v) is 7.75. The topological polar surface area (TPSA) is 68.5 Å². The minimum atomic E-state index is -3.70. The highest BCUT2D eigenvalue weighted by molar-refractivity contribution is 7.89. The minimum absolute atomic E-state index is 0.0955. The molecule has 0 spiro atoms. The summed E-state index contributed by atoms with van der Waals surface area (Å²) in [5.41, 5.74) is 0.768. The van der Waals surface area contributed by atoms with Crippen molar-refractivity contribution in [2.24, 2.45) is 0 Å². The van der Waals surface area contributed by atoms with Crippen LogP contribution in [0.25, 0.3) is 0 Å². The molecule has 0 radical (unpaired) electrons. The summed E-state index contributed by atoms with van der Waals surface area (Å²) < 4.78 is 38.0. The van der Waals surface area contributed by atoms with E-state index in [0.717, 1.165) is 5.56 Å². The van der Waals surface area contributed by atoms with Crippen molar-refractivity contribution in [1.29, 1.82) is 0 Å². The van der Waals surface area contributed by atoms with Gasteiger partial charge in [0, 0.05) is 0 Å². The fourth-order valence-corrected chi connectivity index (χ4v) is 3.20. The summed E-state index contributed by atoms with van der Waals surface area (Å²) in [6.07, 6.45) is 1.50. The largest absolute Gasteiger partial charge is 0.495 e. The van der Waals surface area contributed by atoms with E-state index < -0.39 is 10.0 Å². The van der Waals surface area contributed by atoms with Crippen molar-refractivity contribution in [3.63, 3.8) is 0 Å². The highest BCUT2D eigenvalue weighted by Crippen LogP contribution is 2.30. The zero-order valence-corrected chi connectivity index (χ0v) is 14.0. The average molecular weight is 323 g/mol. The Labute approximate surface area is 131 Å². The number of hydrogen-bond acceptors (Lipinski definition) is 4. The van der Waals surface area contributed by atoms with Crippen LogP contribution in [-0.2, 0) is 22.0 Å². The molecule has 22 heavy (non-hydrogen) atoms. The molecule has 6 heteroatoms. The number of furan rings is 1. The van der Waals surface area contributed by atoms with Gasteiger partial charge in [0.15, 0.2) is 0 Å². The smallest absolute Gasteiger partial charge is 0.244 e. The van der Waals surface area contributed by atoms with Gasteiger partial charge in [-0.1, -0.05) is 26.8 Å². The van der Waals surface area contributed by atoms with Crippen LogP contribution in [0.2, 0.25) is 0 Å². The number of benzene rings is 1. The van der Waals surface area contributed by atoms with Gasteiger partial charge < -0.3 is 9.15 Å². The maximum absolute atomic E-state index is 12.6. The Morgan fingerprint density at radius 1 is 1.23 bits per heavy atom. The molecule has 0 saturated heterocycles. The van der Waals surface area contributed by atoms with E-state index in [9.17, 15) is 8.42 Å². The number of ether oxygens (including phenoxy) is 1. The predicted octanol–water partition coefficient (Wildman–Crippen LogP) is 3.06. The van der Waals surface area contributed by atoms with Gasteiger partial charge in [-0.3, -0.25) is 0 Å². The Morgan fingerprint density at radius 2 is 1.95 bits per heavy atom. The SMILES string of the molecule is COc1ccc(C(C)(C)C)cc1S(=O)(=O)NCc1ccco1. The molecule has 2 rings (SSSR count).